The minimum atomic E-state index is -0.0460. The Labute approximate surface area is 174 Å². The Morgan fingerprint density at radius 2 is 2.03 bits per heavy atom. The number of aromatic nitrogens is 2. The molecule has 6 nitrogen and oxygen atoms in total. The van der Waals surface area contributed by atoms with Crippen molar-refractivity contribution in [3.63, 3.8) is 0 Å². The van der Waals surface area contributed by atoms with Gasteiger partial charge in [0, 0.05) is 11.3 Å². The number of aromatic amines is 1. The molecule has 1 aliphatic rings. The highest BCUT2D eigenvalue weighted by atomic mass is 32.2. The summed E-state index contributed by atoms with van der Waals surface area (Å²) < 4.78 is 11.6. The number of aryl methyl sites for hydroxylation is 2. The molecular formula is C22H23N3O3S. The average molecular weight is 410 g/mol. The number of amides is 1. The highest BCUT2D eigenvalue weighted by molar-refractivity contribution is 8.00. The maximum absolute atomic E-state index is 12.0. The molecule has 29 heavy (non-hydrogen) atoms. The third-order valence-corrected chi connectivity index (χ3v) is 6.13. The van der Waals surface area contributed by atoms with E-state index in [1.54, 1.807) is 18.9 Å². The van der Waals surface area contributed by atoms with Gasteiger partial charge in [0.1, 0.15) is 6.61 Å². The molecule has 2 N–H and O–H groups in total. The van der Waals surface area contributed by atoms with Gasteiger partial charge in [0.15, 0.2) is 17.3 Å². The van der Waals surface area contributed by atoms with Crippen LogP contribution in [-0.4, -0.2) is 29.0 Å². The van der Waals surface area contributed by atoms with Crippen molar-refractivity contribution in [2.45, 2.75) is 25.7 Å². The number of ether oxygens (including phenoxy) is 2. The smallest absolute Gasteiger partial charge is 0.235 e. The molecule has 0 saturated heterocycles. The first-order valence-electron chi connectivity index (χ1n) is 9.37. The first kappa shape index (κ1) is 19.4. The summed E-state index contributed by atoms with van der Waals surface area (Å²) in [7, 11) is 1.64. The van der Waals surface area contributed by atoms with E-state index in [9.17, 15) is 4.79 Å². The minimum absolute atomic E-state index is 0.0255. The van der Waals surface area contributed by atoms with Crippen molar-refractivity contribution in [2.75, 3.05) is 18.2 Å². The van der Waals surface area contributed by atoms with Crippen LogP contribution in [0.4, 0.5) is 5.82 Å². The normalized spacial score (nSPS) is 16.0. The SMILES string of the molecule is COc1cc([C@H]2SCC(=O)Nc3n[nH]c(C)c32)ccc1OCc1cccc(C)c1. The molecular weight excluding hydrogens is 386 g/mol. The van der Waals surface area contributed by atoms with E-state index in [1.807, 2.05) is 37.3 Å². The molecule has 4 rings (SSSR count). The fraction of sp³-hybridized carbons (Fsp3) is 0.273. The molecule has 150 valence electrons. The van der Waals surface area contributed by atoms with Crippen molar-refractivity contribution in [1.82, 2.24) is 10.2 Å². The van der Waals surface area contributed by atoms with Crippen LogP contribution >= 0.6 is 11.8 Å². The Morgan fingerprint density at radius 3 is 2.83 bits per heavy atom. The maximum atomic E-state index is 12.0. The topological polar surface area (TPSA) is 76.2 Å². The third-order valence-electron chi connectivity index (χ3n) is 4.86. The molecule has 2 aromatic carbocycles. The summed E-state index contributed by atoms with van der Waals surface area (Å²) in [4.78, 5) is 12.0. The van der Waals surface area contributed by atoms with Crippen LogP contribution in [-0.2, 0) is 11.4 Å². The van der Waals surface area contributed by atoms with Gasteiger partial charge in [-0.25, -0.2) is 0 Å². The molecule has 0 bridgehead atoms. The van der Waals surface area contributed by atoms with Crippen molar-refractivity contribution in [2.24, 2.45) is 0 Å². The maximum Gasteiger partial charge on any atom is 0.235 e. The van der Waals surface area contributed by atoms with Crippen LogP contribution in [0.1, 0.15) is 33.2 Å². The van der Waals surface area contributed by atoms with Gasteiger partial charge in [-0.1, -0.05) is 35.9 Å². The number of hydrogen-bond acceptors (Lipinski definition) is 5. The van der Waals surface area contributed by atoms with Gasteiger partial charge < -0.3 is 14.8 Å². The molecule has 0 spiro atoms. The van der Waals surface area contributed by atoms with Gasteiger partial charge >= 0.3 is 0 Å². The third kappa shape index (κ3) is 4.10. The number of thioether (sulfide) groups is 1. The quantitative estimate of drug-likeness (QED) is 0.654. The molecule has 0 unspecified atom stereocenters. The van der Waals surface area contributed by atoms with Crippen LogP contribution in [0.5, 0.6) is 11.5 Å². The van der Waals surface area contributed by atoms with Crippen LogP contribution < -0.4 is 14.8 Å². The lowest BCUT2D eigenvalue weighted by Crippen LogP contribution is -2.12. The van der Waals surface area contributed by atoms with E-state index >= 15 is 0 Å². The molecule has 1 aromatic heterocycles. The molecule has 2 heterocycles. The Kier molecular flexibility index (Phi) is 5.49. The van der Waals surface area contributed by atoms with Crippen LogP contribution in [0.15, 0.2) is 42.5 Å². The number of benzene rings is 2. The van der Waals surface area contributed by atoms with E-state index < -0.39 is 0 Å². The number of hydrogen-bond donors (Lipinski definition) is 2. The predicted molar refractivity (Wildman–Crippen MR) is 115 cm³/mol. The summed E-state index contributed by atoms with van der Waals surface area (Å²) in [5.74, 6) is 2.28. The van der Waals surface area contributed by atoms with Crippen molar-refractivity contribution < 1.29 is 14.3 Å². The number of methoxy groups -OCH3 is 1. The summed E-state index contributed by atoms with van der Waals surface area (Å²) in [5.41, 5.74) is 5.29. The number of fused-ring (bicyclic) bond motifs is 1. The number of rotatable bonds is 5. The Morgan fingerprint density at radius 1 is 1.17 bits per heavy atom. The Balaban J connectivity index is 1.61. The summed E-state index contributed by atoms with van der Waals surface area (Å²) in [6.45, 7) is 4.50. The second kappa shape index (κ2) is 8.21. The molecule has 0 saturated carbocycles. The molecule has 3 aromatic rings. The minimum Gasteiger partial charge on any atom is -0.493 e. The second-order valence-corrected chi connectivity index (χ2v) is 8.13. The summed E-state index contributed by atoms with van der Waals surface area (Å²) in [6, 6.07) is 14.2. The van der Waals surface area contributed by atoms with Crippen LogP contribution in [0.2, 0.25) is 0 Å². The number of nitrogens with zero attached hydrogens (tertiary/aromatic N) is 1. The molecule has 7 heteroatoms. The number of anilines is 1. The van der Waals surface area contributed by atoms with Gasteiger partial charge in [-0.2, -0.15) is 5.10 Å². The van der Waals surface area contributed by atoms with Gasteiger partial charge in [-0.3, -0.25) is 9.89 Å². The number of H-pyrrole nitrogens is 1. The predicted octanol–water partition coefficient (Wildman–Crippen LogP) is 4.39. The summed E-state index contributed by atoms with van der Waals surface area (Å²) >= 11 is 1.58. The van der Waals surface area contributed by atoms with Crippen molar-refractivity contribution in [1.29, 1.82) is 0 Å². The molecule has 1 atom stereocenters. The number of carbonyl (C=O) groups excluding carboxylic acids is 1. The second-order valence-electron chi connectivity index (χ2n) is 7.04. The lowest BCUT2D eigenvalue weighted by Gasteiger charge is -2.18. The zero-order valence-electron chi connectivity index (χ0n) is 16.6. The largest absolute Gasteiger partial charge is 0.493 e. The zero-order valence-corrected chi connectivity index (χ0v) is 17.4. The monoisotopic (exact) mass is 409 g/mol. The van der Waals surface area contributed by atoms with E-state index in [4.69, 9.17) is 9.47 Å². The van der Waals surface area contributed by atoms with Crippen molar-refractivity contribution in [3.05, 3.63) is 70.4 Å². The summed E-state index contributed by atoms with van der Waals surface area (Å²) in [6.07, 6.45) is 0. The van der Waals surface area contributed by atoms with Crippen LogP contribution in [0.3, 0.4) is 0 Å². The lowest BCUT2D eigenvalue weighted by atomic mass is 10.0. The zero-order chi connectivity index (χ0) is 20.4. The van der Waals surface area contributed by atoms with E-state index in [1.165, 1.54) is 5.56 Å². The van der Waals surface area contributed by atoms with Gasteiger partial charge in [0.05, 0.1) is 18.1 Å². The summed E-state index contributed by atoms with van der Waals surface area (Å²) in [5, 5.41) is 10.1. The highest BCUT2D eigenvalue weighted by Crippen LogP contribution is 2.44. The first-order chi connectivity index (χ1) is 14.0. The number of carbonyl (C=O) groups is 1. The molecule has 1 amide bonds. The van der Waals surface area contributed by atoms with Gasteiger partial charge in [0.25, 0.3) is 0 Å². The van der Waals surface area contributed by atoms with Gasteiger partial charge in [-0.15, -0.1) is 11.8 Å². The van der Waals surface area contributed by atoms with Crippen molar-refractivity contribution >= 4 is 23.5 Å². The highest BCUT2D eigenvalue weighted by Gasteiger charge is 2.28. The number of nitrogens with one attached hydrogen (secondary N) is 2. The van der Waals surface area contributed by atoms with Crippen LogP contribution in [0.25, 0.3) is 0 Å². The lowest BCUT2D eigenvalue weighted by molar-refractivity contribution is -0.113. The van der Waals surface area contributed by atoms with E-state index in [0.29, 0.717) is 29.7 Å². The molecule has 1 aliphatic heterocycles. The molecule has 0 aliphatic carbocycles. The molecule has 0 fully saturated rings. The standard InChI is InChI=1S/C22H23N3O3S/c1-13-5-4-6-15(9-13)11-28-17-8-7-16(10-18(17)27-3)21-20-14(2)24-25-22(20)23-19(26)12-29-21/h4-10,21H,11-12H2,1-3H3,(H2,23,24,25,26)/t21-/m1/s1. The first-order valence-corrected chi connectivity index (χ1v) is 10.4. The van der Waals surface area contributed by atoms with Crippen LogP contribution in [0, 0.1) is 13.8 Å². The van der Waals surface area contributed by atoms with Crippen molar-refractivity contribution in [3.8, 4) is 11.5 Å². The van der Waals surface area contributed by atoms with E-state index in [2.05, 4.69) is 34.6 Å². The molecule has 0 radical (unpaired) electrons. The fourth-order valence-corrected chi connectivity index (χ4v) is 4.64. The Hall–Kier alpha value is -2.93. The average Bonchev–Trinajstić information content (AvgIpc) is 2.97. The van der Waals surface area contributed by atoms with Gasteiger partial charge in [-0.05, 0) is 37.1 Å². The van der Waals surface area contributed by atoms with Gasteiger partial charge in [0.2, 0.25) is 5.91 Å². The van der Waals surface area contributed by atoms with E-state index in [0.717, 1.165) is 22.4 Å². The fourth-order valence-electron chi connectivity index (χ4n) is 3.46. The van der Waals surface area contributed by atoms with E-state index in [-0.39, 0.29) is 11.2 Å². The Bertz CT molecular complexity index is 1050.